The normalized spacial score (nSPS) is 9.07. The molecule has 1 aromatic carbocycles. The number of rotatable bonds is 2. The van der Waals surface area contributed by atoms with Crippen LogP contribution in [0.15, 0.2) is 18.2 Å². The number of carbonyl (C=O) groups is 2. The average molecular weight is 204 g/mol. The van der Waals surface area contributed by atoms with Gasteiger partial charge in [0, 0.05) is 6.92 Å². The molecule has 15 heavy (non-hydrogen) atoms. The minimum Gasteiger partial charge on any atom is -0.545 e. The lowest BCUT2D eigenvalue weighted by Crippen LogP contribution is -2.22. The molecule has 0 saturated carbocycles. The molecular formula is C10H6NO4-. The van der Waals surface area contributed by atoms with E-state index in [4.69, 9.17) is 11.3 Å². The second-order valence-corrected chi connectivity index (χ2v) is 2.68. The van der Waals surface area contributed by atoms with E-state index in [0.717, 1.165) is 6.07 Å². The van der Waals surface area contributed by atoms with Crippen LogP contribution in [0.4, 0.5) is 5.69 Å². The minimum absolute atomic E-state index is 0.0353. The zero-order valence-corrected chi connectivity index (χ0v) is 7.81. The van der Waals surface area contributed by atoms with E-state index in [2.05, 4.69) is 4.85 Å². The lowest BCUT2D eigenvalue weighted by molar-refractivity contribution is -0.255. The van der Waals surface area contributed by atoms with E-state index in [1.54, 1.807) is 0 Å². The van der Waals surface area contributed by atoms with Gasteiger partial charge in [0.1, 0.15) is 5.75 Å². The van der Waals surface area contributed by atoms with Crippen LogP contribution >= 0.6 is 0 Å². The topological polar surface area (TPSA) is 70.8 Å². The summed E-state index contributed by atoms with van der Waals surface area (Å²) < 4.78 is 4.70. The quantitative estimate of drug-likeness (QED) is 0.400. The largest absolute Gasteiger partial charge is 0.545 e. The molecule has 1 rings (SSSR count). The number of hydrogen-bond donors (Lipinski definition) is 0. The highest BCUT2D eigenvalue weighted by atomic mass is 16.5. The summed E-state index contributed by atoms with van der Waals surface area (Å²) in [6, 6.07) is 3.56. The van der Waals surface area contributed by atoms with E-state index in [-0.39, 0.29) is 17.0 Å². The maximum atomic E-state index is 10.6. The Balaban J connectivity index is 3.16. The van der Waals surface area contributed by atoms with Gasteiger partial charge in [-0.15, -0.1) is 0 Å². The zero-order chi connectivity index (χ0) is 11.4. The summed E-state index contributed by atoms with van der Waals surface area (Å²) in [5.74, 6) is -1.90. The first kappa shape index (κ1) is 10.7. The molecule has 0 aliphatic rings. The number of aromatic carboxylic acids is 1. The molecule has 5 nitrogen and oxygen atoms in total. The SMILES string of the molecule is [C-]#[N+]c1cc(C(=O)[O-])ccc1OC(C)=O. The van der Waals surface area contributed by atoms with Crippen molar-refractivity contribution in [2.24, 2.45) is 0 Å². The highest BCUT2D eigenvalue weighted by Crippen LogP contribution is 2.28. The van der Waals surface area contributed by atoms with Crippen molar-refractivity contribution in [3.63, 3.8) is 0 Å². The molecule has 0 spiro atoms. The van der Waals surface area contributed by atoms with Crippen LogP contribution in [-0.4, -0.2) is 11.9 Å². The van der Waals surface area contributed by atoms with Gasteiger partial charge in [-0.2, -0.15) is 0 Å². The van der Waals surface area contributed by atoms with Crippen molar-refractivity contribution in [3.05, 3.63) is 35.2 Å². The summed E-state index contributed by atoms with van der Waals surface area (Å²) in [6.07, 6.45) is 0. The summed E-state index contributed by atoms with van der Waals surface area (Å²) in [5, 5.41) is 10.5. The fraction of sp³-hybridized carbons (Fsp3) is 0.100. The summed E-state index contributed by atoms with van der Waals surface area (Å²) in [6.45, 7) is 7.98. The van der Waals surface area contributed by atoms with Crippen molar-refractivity contribution in [1.82, 2.24) is 0 Å². The van der Waals surface area contributed by atoms with Gasteiger partial charge in [0.15, 0.2) is 0 Å². The number of carbonyl (C=O) groups excluding carboxylic acids is 2. The zero-order valence-electron chi connectivity index (χ0n) is 7.81. The third-order valence-electron chi connectivity index (χ3n) is 1.57. The predicted octanol–water partition coefficient (Wildman–Crippen LogP) is 0.526. The lowest BCUT2D eigenvalue weighted by Gasteiger charge is -2.06. The number of carboxylic acids is 1. The monoisotopic (exact) mass is 204 g/mol. The molecular weight excluding hydrogens is 198 g/mol. The number of benzene rings is 1. The molecule has 0 aliphatic heterocycles. The van der Waals surface area contributed by atoms with Crippen molar-refractivity contribution in [3.8, 4) is 5.75 Å². The lowest BCUT2D eigenvalue weighted by atomic mass is 10.2. The summed E-state index contributed by atoms with van der Waals surface area (Å²) >= 11 is 0. The van der Waals surface area contributed by atoms with Crippen molar-refractivity contribution in [2.45, 2.75) is 6.92 Å². The molecule has 76 valence electrons. The van der Waals surface area contributed by atoms with Gasteiger partial charge in [0.05, 0.1) is 12.5 Å². The Bertz CT molecular complexity index is 459. The van der Waals surface area contributed by atoms with Gasteiger partial charge >= 0.3 is 5.97 Å². The molecule has 1 aromatic rings. The molecule has 0 unspecified atom stereocenters. The van der Waals surface area contributed by atoms with Crippen LogP contribution < -0.4 is 9.84 Å². The fourth-order valence-corrected chi connectivity index (χ4v) is 0.973. The number of esters is 1. The van der Waals surface area contributed by atoms with Crippen LogP contribution in [0.3, 0.4) is 0 Å². The highest BCUT2D eigenvalue weighted by Gasteiger charge is 2.07. The second kappa shape index (κ2) is 4.24. The minimum atomic E-state index is -1.38. The third kappa shape index (κ3) is 2.54. The van der Waals surface area contributed by atoms with Gasteiger partial charge in [-0.05, 0) is 17.7 Å². The number of carboxylic acid groups (broad SMARTS) is 1. The van der Waals surface area contributed by atoms with Crippen LogP contribution in [0.2, 0.25) is 0 Å². The van der Waals surface area contributed by atoms with Crippen molar-refractivity contribution >= 4 is 17.6 Å². The number of ether oxygens (including phenoxy) is 1. The van der Waals surface area contributed by atoms with Crippen molar-refractivity contribution in [1.29, 1.82) is 0 Å². The van der Waals surface area contributed by atoms with Crippen molar-refractivity contribution < 1.29 is 19.4 Å². The fourth-order valence-electron chi connectivity index (χ4n) is 0.973. The van der Waals surface area contributed by atoms with Gasteiger partial charge in [0.25, 0.3) is 0 Å². The van der Waals surface area contributed by atoms with E-state index < -0.39 is 11.9 Å². The molecule has 0 N–H and O–H groups in total. The maximum absolute atomic E-state index is 10.6. The number of hydrogen-bond acceptors (Lipinski definition) is 4. The highest BCUT2D eigenvalue weighted by molar-refractivity contribution is 5.88. The van der Waals surface area contributed by atoms with Gasteiger partial charge in [0.2, 0.25) is 5.69 Å². The first-order chi connectivity index (χ1) is 7.04. The summed E-state index contributed by atoms with van der Waals surface area (Å²) in [5.41, 5.74) is -0.163. The molecule has 0 aliphatic carbocycles. The van der Waals surface area contributed by atoms with Gasteiger partial charge < -0.3 is 14.6 Å². The predicted molar refractivity (Wildman–Crippen MR) is 48.3 cm³/mol. The van der Waals surface area contributed by atoms with E-state index >= 15 is 0 Å². The van der Waals surface area contributed by atoms with Crippen LogP contribution in [0.1, 0.15) is 17.3 Å². The Kier molecular flexibility index (Phi) is 3.03. The van der Waals surface area contributed by atoms with E-state index in [1.807, 2.05) is 0 Å². The van der Waals surface area contributed by atoms with Crippen LogP contribution in [0.25, 0.3) is 4.85 Å². The molecule has 0 bridgehead atoms. The smallest absolute Gasteiger partial charge is 0.306 e. The Morgan fingerprint density at radius 1 is 1.47 bits per heavy atom. The molecule has 5 heteroatoms. The molecule has 0 amide bonds. The maximum Gasteiger partial charge on any atom is 0.306 e. The van der Waals surface area contributed by atoms with E-state index in [0.29, 0.717) is 0 Å². The summed E-state index contributed by atoms with van der Waals surface area (Å²) in [4.78, 5) is 24.2. The van der Waals surface area contributed by atoms with Gasteiger partial charge in [-0.25, -0.2) is 4.85 Å². The molecule has 0 heterocycles. The Hall–Kier alpha value is -2.35. The molecule has 0 fully saturated rings. The van der Waals surface area contributed by atoms with Crippen LogP contribution in [0, 0.1) is 6.57 Å². The Morgan fingerprint density at radius 2 is 2.13 bits per heavy atom. The van der Waals surface area contributed by atoms with Crippen molar-refractivity contribution in [2.75, 3.05) is 0 Å². The molecule has 0 radical (unpaired) electrons. The van der Waals surface area contributed by atoms with E-state index in [9.17, 15) is 14.7 Å². The average Bonchev–Trinajstić information content (AvgIpc) is 2.17. The summed E-state index contributed by atoms with van der Waals surface area (Å²) in [7, 11) is 0. The molecule has 0 aromatic heterocycles. The Labute approximate surface area is 85.7 Å². The third-order valence-corrected chi connectivity index (χ3v) is 1.57. The van der Waals surface area contributed by atoms with E-state index in [1.165, 1.54) is 19.1 Å². The molecule has 0 saturated heterocycles. The standard InChI is InChI=1S/C10H7NO4/c1-6(12)15-9-4-3-7(10(13)14)5-8(9)11-2/h3-5H,1H3,(H,13,14)/p-1. The molecule has 0 atom stereocenters. The van der Waals surface area contributed by atoms with Gasteiger partial charge in [-0.3, -0.25) is 4.79 Å². The Morgan fingerprint density at radius 3 is 2.60 bits per heavy atom. The van der Waals surface area contributed by atoms with Crippen LogP contribution in [0.5, 0.6) is 5.75 Å². The van der Waals surface area contributed by atoms with Crippen LogP contribution in [-0.2, 0) is 4.79 Å². The van der Waals surface area contributed by atoms with Gasteiger partial charge in [-0.1, -0.05) is 6.07 Å². The first-order valence-corrected chi connectivity index (χ1v) is 3.96. The first-order valence-electron chi connectivity index (χ1n) is 3.96. The number of nitrogens with zero attached hydrogens (tertiary/aromatic N) is 1. The second-order valence-electron chi connectivity index (χ2n) is 2.68.